The molecule has 0 aliphatic heterocycles. The van der Waals surface area contributed by atoms with E-state index in [1.807, 2.05) is 39.0 Å². The molecule has 3 rings (SSSR count). The lowest BCUT2D eigenvalue weighted by Gasteiger charge is -2.11. The predicted octanol–water partition coefficient (Wildman–Crippen LogP) is 2.62. The van der Waals surface area contributed by atoms with E-state index in [1.54, 1.807) is 24.7 Å². The molecule has 9 nitrogen and oxygen atoms in total. The van der Waals surface area contributed by atoms with Gasteiger partial charge in [0.05, 0.1) is 18.8 Å². The van der Waals surface area contributed by atoms with E-state index in [4.69, 9.17) is 9.84 Å². The maximum atomic E-state index is 10.8. The highest BCUT2D eigenvalue weighted by Crippen LogP contribution is 2.26. The summed E-state index contributed by atoms with van der Waals surface area (Å²) in [6, 6.07) is 7.56. The van der Waals surface area contributed by atoms with Gasteiger partial charge in [0.15, 0.2) is 6.10 Å². The number of carboxylic acid groups (broad SMARTS) is 1. The molecular weight excluding hydrogens is 374 g/mol. The summed E-state index contributed by atoms with van der Waals surface area (Å²) in [5.74, 6) is -0.378. The topological polar surface area (TPSA) is 122 Å². The summed E-state index contributed by atoms with van der Waals surface area (Å²) in [5.41, 5.74) is 3.49. The lowest BCUT2D eigenvalue weighted by Crippen LogP contribution is -2.25. The lowest BCUT2D eigenvalue weighted by atomic mass is 10.1. The van der Waals surface area contributed by atoms with Gasteiger partial charge in [-0.3, -0.25) is 4.68 Å². The molecule has 0 radical (unpaired) electrons. The largest absolute Gasteiger partial charge is 0.479 e. The quantitative estimate of drug-likeness (QED) is 0.530. The minimum atomic E-state index is -1.50. The van der Waals surface area contributed by atoms with Gasteiger partial charge in [0.25, 0.3) is 0 Å². The van der Waals surface area contributed by atoms with E-state index < -0.39 is 12.1 Å². The lowest BCUT2D eigenvalue weighted by molar-refractivity contribution is -0.147. The number of nitrogens with zero attached hydrogens (tertiary/aromatic N) is 4. The van der Waals surface area contributed by atoms with Crippen molar-refractivity contribution in [3.63, 3.8) is 0 Å². The highest BCUT2D eigenvalue weighted by Gasteiger charge is 2.15. The van der Waals surface area contributed by atoms with Crippen LogP contribution < -0.4 is 10.1 Å². The number of carbonyl (C=O) groups is 1. The van der Waals surface area contributed by atoms with Crippen LogP contribution in [0, 0.1) is 6.92 Å². The molecule has 0 saturated carbocycles. The van der Waals surface area contributed by atoms with Gasteiger partial charge in [-0.2, -0.15) is 10.1 Å². The number of hydrogen-bond donors (Lipinski definition) is 3. The van der Waals surface area contributed by atoms with Gasteiger partial charge in [-0.25, -0.2) is 9.78 Å². The number of carboxylic acids is 1. The van der Waals surface area contributed by atoms with Crippen LogP contribution in [-0.2, 0) is 11.3 Å². The van der Waals surface area contributed by atoms with Crippen LogP contribution in [0.25, 0.3) is 11.1 Å². The fourth-order valence-corrected chi connectivity index (χ4v) is 2.73. The molecule has 0 aliphatic rings. The first kappa shape index (κ1) is 20.3. The molecule has 0 saturated heterocycles. The number of ether oxygens (including phenoxy) is 1. The third kappa shape index (κ3) is 5.52. The summed E-state index contributed by atoms with van der Waals surface area (Å²) >= 11 is 0. The number of aliphatic carboxylic acids is 1. The minimum Gasteiger partial charge on any atom is -0.479 e. The Bertz CT molecular complexity index is 1000. The van der Waals surface area contributed by atoms with Gasteiger partial charge >= 0.3 is 5.97 Å². The first-order valence-electron chi connectivity index (χ1n) is 9.12. The second-order valence-electron chi connectivity index (χ2n) is 6.90. The Morgan fingerprint density at radius 2 is 2.07 bits per heavy atom. The Balaban J connectivity index is 1.80. The third-order valence-corrected chi connectivity index (χ3v) is 3.93. The van der Waals surface area contributed by atoms with Crippen molar-refractivity contribution in [1.82, 2.24) is 19.7 Å². The second kappa shape index (κ2) is 8.70. The highest BCUT2D eigenvalue weighted by molar-refractivity contribution is 5.72. The zero-order valence-corrected chi connectivity index (χ0v) is 16.4. The molecule has 152 valence electrons. The van der Waals surface area contributed by atoms with Crippen molar-refractivity contribution in [2.75, 3.05) is 5.32 Å². The number of anilines is 2. The predicted molar refractivity (Wildman–Crippen MR) is 107 cm³/mol. The average molecular weight is 397 g/mol. The van der Waals surface area contributed by atoms with Crippen molar-refractivity contribution in [3.05, 3.63) is 48.4 Å². The van der Waals surface area contributed by atoms with E-state index >= 15 is 0 Å². The SMILES string of the molecule is Cc1cc(Nc2nccc(OC(C)C)n2)cc(-c2cnn(C[C@@H](O)C(=O)O)c2)c1. The zero-order chi connectivity index (χ0) is 21.0. The van der Waals surface area contributed by atoms with Crippen LogP contribution in [0.15, 0.2) is 42.9 Å². The van der Waals surface area contributed by atoms with Crippen LogP contribution in [0.1, 0.15) is 19.4 Å². The van der Waals surface area contributed by atoms with Gasteiger partial charge in [-0.1, -0.05) is 6.07 Å². The summed E-state index contributed by atoms with van der Waals surface area (Å²) in [6.07, 6.45) is 3.45. The van der Waals surface area contributed by atoms with E-state index in [2.05, 4.69) is 20.4 Å². The number of aromatic nitrogens is 4. The third-order valence-electron chi connectivity index (χ3n) is 3.93. The van der Waals surface area contributed by atoms with Crippen molar-refractivity contribution < 1.29 is 19.7 Å². The molecule has 29 heavy (non-hydrogen) atoms. The molecule has 1 atom stereocenters. The van der Waals surface area contributed by atoms with Crippen LogP contribution in [-0.4, -0.2) is 48.1 Å². The normalized spacial score (nSPS) is 12.0. The van der Waals surface area contributed by atoms with Gasteiger partial charge in [0.2, 0.25) is 11.8 Å². The van der Waals surface area contributed by atoms with Crippen molar-refractivity contribution >= 4 is 17.6 Å². The van der Waals surface area contributed by atoms with Crippen LogP contribution in [0.3, 0.4) is 0 Å². The zero-order valence-electron chi connectivity index (χ0n) is 16.4. The molecular formula is C20H23N5O4. The molecule has 3 N–H and O–H groups in total. The fourth-order valence-electron chi connectivity index (χ4n) is 2.73. The number of rotatable bonds is 8. The number of nitrogens with one attached hydrogen (secondary N) is 1. The Kier molecular flexibility index (Phi) is 6.08. The molecule has 0 fully saturated rings. The van der Waals surface area contributed by atoms with E-state index in [1.165, 1.54) is 4.68 Å². The molecule has 0 spiro atoms. The molecule has 2 heterocycles. The van der Waals surface area contributed by atoms with Crippen LogP contribution >= 0.6 is 0 Å². The Labute approximate surface area is 168 Å². The van der Waals surface area contributed by atoms with Gasteiger partial charge in [0.1, 0.15) is 0 Å². The summed E-state index contributed by atoms with van der Waals surface area (Å²) in [5, 5.41) is 25.6. The molecule has 9 heteroatoms. The van der Waals surface area contributed by atoms with Gasteiger partial charge < -0.3 is 20.3 Å². The Morgan fingerprint density at radius 3 is 2.79 bits per heavy atom. The molecule has 0 aliphatic carbocycles. The van der Waals surface area contributed by atoms with Crippen molar-refractivity contribution in [3.8, 4) is 17.0 Å². The average Bonchev–Trinajstić information content (AvgIpc) is 3.09. The molecule has 2 aromatic heterocycles. The van der Waals surface area contributed by atoms with Gasteiger partial charge in [0, 0.05) is 29.7 Å². The maximum Gasteiger partial charge on any atom is 0.334 e. The summed E-state index contributed by atoms with van der Waals surface area (Å²) in [7, 11) is 0. The number of hydrogen-bond acceptors (Lipinski definition) is 7. The monoisotopic (exact) mass is 397 g/mol. The summed E-state index contributed by atoms with van der Waals surface area (Å²) in [6.45, 7) is 5.70. The number of aliphatic hydroxyl groups excluding tert-OH is 1. The van der Waals surface area contributed by atoms with Crippen LogP contribution in [0.4, 0.5) is 11.6 Å². The molecule has 0 amide bonds. The van der Waals surface area contributed by atoms with Crippen LogP contribution in [0.5, 0.6) is 5.88 Å². The molecule has 0 bridgehead atoms. The van der Waals surface area contributed by atoms with E-state index in [0.717, 1.165) is 22.4 Å². The van der Waals surface area contributed by atoms with E-state index in [9.17, 15) is 9.90 Å². The van der Waals surface area contributed by atoms with Crippen molar-refractivity contribution in [2.24, 2.45) is 0 Å². The summed E-state index contributed by atoms with van der Waals surface area (Å²) in [4.78, 5) is 19.4. The molecule has 1 aromatic carbocycles. The second-order valence-corrected chi connectivity index (χ2v) is 6.90. The Morgan fingerprint density at radius 1 is 1.28 bits per heavy atom. The van der Waals surface area contributed by atoms with E-state index in [-0.39, 0.29) is 12.6 Å². The van der Waals surface area contributed by atoms with E-state index in [0.29, 0.717) is 11.8 Å². The highest BCUT2D eigenvalue weighted by atomic mass is 16.5. The minimum absolute atomic E-state index is 0.0134. The number of aryl methyl sites for hydroxylation is 1. The van der Waals surface area contributed by atoms with Crippen LogP contribution in [0.2, 0.25) is 0 Å². The van der Waals surface area contributed by atoms with Gasteiger partial charge in [-0.05, 0) is 44.0 Å². The number of aliphatic hydroxyl groups is 1. The standard InChI is InChI=1S/C20H23N5O4/c1-12(2)29-18-4-5-21-20(24-18)23-16-7-13(3)6-14(8-16)15-9-22-25(10-15)11-17(26)19(27)28/h4-10,12,17,26H,11H2,1-3H3,(H,27,28)(H,21,23,24)/t17-/m1/s1. The first-order chi connectivity index (χ1) is 13.8. The Hall–Kier alpha value is -3.46. The number of benzene rings is 1. The summed E-state index contributed by atoms with van der Waals surface area (Å²) < 4.78 is 7.00. The molecule has 0 unspecified atom stereocenters. The maximum absolute atomic E-state index is 10.8. The molecule has 3 aromatic rings. The van der Waals surface area contributed by atoms with Gasteiger partial charge in [-0.15, -0.1) is 0 Å². The smallest absolute Gasteiger partial charge is 0.334 e. The van der Waals surface area contributed by atoms with Crippen molar-refractivity contribution in [2.45, 2.75) is 39.5 Å². The fraction of sp³-hybridized carbons (Fsp3) is 0.300. The van der Waals surface area contributed by atoms with Crippen molar-refractivity contribution in [1.29, 1.82) is 0 Å². The first-order valence-corrected chi connectivity index (χ1v) is 9.12.